The fraction of sp³-hybridized carbons (Fsp3) is 0.400. The van der Waals surface area contributed by atoms with Gasteiger partial charge in [-0.25, -0.2) is 4.39 Å². The lowest BCUT2D eigenvalue weighted by molar-refractivity contribution is 0.0301. The van der Waals surface area contributed by atoms with Crippen LogP contribution >= 0.6 is 11.6 Å². The molecule has 8 nitrogen and oxygen atoms in total. The van der Waals surface area contributed by atoms with Crippen LogP contribution in [-0.4, -0.2) is 82.4 Å². The number of piperazine rings is 1. The first-order valence-electron chi connectivity index (χ1n) is 17.5. The van der Waals surface area contributed by atoms with Gasteiger partial charge in [-0.2, -0.15) is 9.97 Å². The van der Waals surface area contributed by atoms with Gasteiger partial charge in [-0.15, -0.1) is 0 Å². The normalized spacial score (nSPS) is 24.0. The Morgan fingerprint density at radius 2 is 1.72 bits per heavy atom. The van der Waals surface area contributed by atoms with E-state index in [-0.39, 0.29) is 45.0 Å². The molecule has 4 heterocycles. The van der Waals surface area contributed by atoms with E-state index in [2.05, 4.69) is 47.7 Å². The lowest BCUT2D eigenvalue weighted by atomic mass is 9.92. The molecule has 50 heavy (non-hydrogen) atoms. The van der Waals surface area contributed by atoms with Gasteiger partial charge >= 0.3 is 6.01 Å². The van der Waals surface area contributed by atoms with Crippen LogP contribution < -0.4 is 14.4 Å². The third kappa shape index (κ3) is 5.69. The van der Waals surface area contributed by atoms with Gasteiger partial charge in [0.2, 0.25) is 0 Å². The van der Waals surface area contributed by atoms with Crippen LogP contribution in [-0.2, 0) is 6.54 Å². The number of hydrogen-bond donors (Lipinski definition) is 1. The van der Waals surface area contributed by atoms with Crippen LogP contribution in [0.4, 0.5) is 10.2 Å². The topological polar surface area (TPSA) is 74.2 Å². The number of fused-ring (bicyclic) bond motifs is 4. The van der Waals surface area contributed by atoms with Gasteiger partial charge in [0.25, 0.3) is 0 Å². The minimum atomic E-state index is -0.562. The highest BCUT2D eigenvalue weighted by Crippen LogP contribution is 2.49. The number of ether oxygens (including phenoxy) is 2. The number of rotatable bonds is 8. The van der Waals surface area contributed by atoms with E-state index >= 15 is 4.39 Å². The van der Waals surface area contributed by atoms with Gasteiger partial charge in [0, 0.05) is 47.7 Å². The summed E-state index contributed by atoms with van der Waals surface area (Å²) in [6.07, 6.45) is 4.20. The molecule has 10 heteroatoms. The van der Waals surface area contributed by atoms with E-state index in [1.54, 1.807) is 25.3 Å². The molecule has 3 saturated heterocycles. The Labute approximate surface area is 297 Å². The van der Waals surface area contributed by atoms with E-state index in [9.17, 15) is 5.11 Å². The SMILES string of the molecule is COc1ccc(CN2C3(C)CCC2(C)CN(c2nc(OC[C@@H]4CCCN4C)nc4c(F)c(-c5cc(O)cc6ccccc56)c(Cl)cc24)C3)cc1. The Kier molecular flexibility index (Phi) is 8.28. The molecule has 0 saturated carbocycles. The van der Waals surface area contributed by atoms with E-state index in [1.807, 2.05) is 36.4 Å². The highest BCUT2D eigenvalue weighted by molar-refractivity contribution is 6.35. The fourth-order valence-corrected chi connectivity index (χ4v) is 8.98. The zero-order valence-electron chi connectivity index (χ0n) is 29.0. The second-order valence-corrected chi connectivity index (χ2v) is 15.3. The second-order valence-electron chi connectivity index (χ2n) is 14.9. The minimum Gasteiger partial charge on any atom is -0.508 e. The number of phenolic OH excluding ortho intramolecular Hbond substituents is 1. The monoisotopic (exact) mass is 695 g/mol. The highest BCUT2D eigenvalue weighted by Gasteiger charge is 2.55. The number of hydrogen-bond acceptors (Lipinski definition) is 8. The van der Waals surface area contributed by atoms with Gasteiger partial charge in [-0.3, -0.25) is 4.90 Å². The Balaban J connectivity index is 1.22. The molecule has 2 bridgehead atoms. The summed E-state index contributed by atoms with van der Waals surface area (Å²) in [6.45, 7) is 8.31. The van der Waals surface area contributed by atoms with Crippen molar-refractivity contribution in [2.24, 2.45) is 0 Å². The molecule has 1 N–H and O–H groups in total. The summed E-state index contributed by atoms with van der Waals surface area (Å²) in [4.78, 5) is 17.0. The zero-order valence-corrected chi connectivity index (χ0v) is 29.8. The molecular formula is C40H43ClFN5O3. The van der Waals surface area contributed by atoms with Crippen LogP contribution in [0.15, 0.2) is 66.7 Å². The quantitative estimate of drug-likeness (QED) is 0.175. The van der Waals surface area contributed by atoms with Crippen molar-refractivity contribution in [1.29, 1.82) is 0 Å². The maximum absolute atomic E-state index is 17.1. The maximum Gasteiger partial charge on any atom is 0.319 e. The first kappa shape index (κ1) is 33.0. The molecule has 3 fully saturated rings. The van der Waals surface area contributed by atoms with Crippen molar-refractivity contribution in [3.63, 3.8) is 0 Å². The average molecular weight is 696 g/mol. The van der Waals surface area contributed by atoms with Crippen molar-refractivity contribution in [2.45, 2.75) is 63.2 Å². The molecule has 3 aliphatic rings. The Morgan fingerprint density at radius 3 is 2.42 bits per heavy atom. The molecule has 0 amide bonds. The summed E-state index contributed by atoms with van der Waals surface area (Å²) in [5, 5.41) is 13.0. The van der Waals surface area contributed by atoms with Crippen LogP contribution in [0.1, 0.15) is 45.1 Å². The summed E-state index contributed by atoms with van der Waals surface area (Å²) < 4.78 is 28.8. The van der Waals surface area contributed by atoms with E-state index in [1.165, 1.54) is 5.56 Å². The molecule has 4 aromatic carbocycles. The maximum atomic E-state index is 17.1. The third-order valence-electron chi connectivity index (χ3n) is 11.4. The number of likely N-dealkylation sites (tertiary alicyclic amines) is 1. The Hall–Kier alpha value is -4.18. The number of aromatic hydroxyl groups is 1. The van der Waals surface area contributed by atoms with Crippen LogP contribution in [0.2, 0.25) is 5.02 Å². The van der Waals surface area contributed by atoms with Gasteiger partial charge in [-0.1, -0.05) is 48.0 Å². The van der Waals surface area contributed by atoms with Crippen molar-refractivity contribution in [3.05, 3.63) is 83.1 Å². The number of anilines is 1. The second kappa shape index (κ2) is 12.5. The number of benzene rings is 4. The van der Waals surface area contributed by atoms with Crippen molar-refractivity contribution in [1.82, 2.24) is 19.8 Å². The summed E-state index contributed by atoms with van der Waals surface area (Å²) in [5.41, 5.74) is 1.78. The number of halogens is 2. The summed E-state index contributed by atoms with van der Waals surface area (Å²) in [7, 11) is 3.79. The molecule has 2 unspecified atom stereocenters. The van der Waals surface area contributed by atoms with Crippen molar-refractivity contribution >= 4 is 39.1 Å². The molecular weight excluding hydrogens is 653 g/mol. The van der Waals surface area contributed by atoms with Crippen LogP contribution in [0.5, 0.6) is 17.5 Å². The van der Waals surface area contributed by atoms with Crippen LogP contribution in [0.25, 0.3) is 32.8 Å². The Morgan fingerprint density at radius 1 is 0.980 bits per heavy atom. The van der Waals surface area contributed by atoms with Crippen molar-refractivity contribution in [3.8, 4) is 28.6 Å². The Bertz CT molecular complexity index is 2080. The molecule has 0 spiro atoms. The van der Waals surface area contributed by atoms with Gasteiger partial charge in [0.1, 0.15) is 29.4 Å². The summed E-state index contributed by atoms with van der Waals surface area (Å²) in [5.74, 6) is 0.944. The number of phenols is 1. The minimum absolute atomic E-state index is 0.0341. The molecule has 3 aliphatic heterocycles. The molecule has 0 aliphatic carbocycles. The molecule has 5 aromatic rings. The number of likely N-dealkylation sites (N-methyl/N-ethyl adjacent to an activating group) is 1. The first-order chi connectivity index (χ1) is 24.0. The molecule has 1 aromatic heterocycles. The lowest BCUT2D eigenvalue weighted by Gasteiger charge is -2.53. The lowest BCUT2D eigenvalue weighted by Crippen LogP contribution is -2.65. The highest BCUT2D eigenvalue weighted by atomic mass is 35.5. The molecule has 260 valence electrons. The van der Waals surface area contributed by atoms with Crippen molar-refractivity contribution < 1.29 is 19.0 Å². The fourth-order valence-electron chi connectivity index (χ4n) is 8.69. The molecule has 3 atom stereocenters. The first-order valence-corrected chi connectivity index (χ1v) is 17.8. The number of aromatic nitrogens is 2. The largest absolute Gasteiger partial charge is 0.508 e. The summed E-state index contributed by atoms with van der Waals surface area (Å²) in [6, 6.07) is 21.3. The van der Waals surface area contributed by atoms with Gasteiger partial charge < -0.3 is 24.4 Å². The van der Waals surface area contributed by atoms with Crippen molar-refractivity contribution in [2.75, 3.05) is 45.3 Å². The predicted molar refractivity (Wildman–Crippen MR) is 197 cm³/mol. The van der Waals surface area contributed by atoms with E-state index in [4.69, 9.17) is 31.0 Å². The molecule has 0 radical (unpaired) electrons. The number of methoxy groups -OCH3 is 1. The molecule has 8 rings (SSSR count). The van der Waals surface area contributed by atoms with Crippen LogP contribution in [0, 0.1) is 5.82 Å². The average Bonchev–Trinajstić information content (AvgIpc) is 3.57. The summed E-state index contributed by atoms with van der Waals surface area (Å²) >= 11 is 7.02. The number of nitrogens with zero attached hydrogens (tertiary/aromatic N) is 5. The van der Waals surface area contributed by atoms with Gasteiger partial charge in [-0.05, 0) is 105 Å². The van der Waals surface area contributed by atoms with Gasteiger partial charge in [0.15, 0.2) is 5.82 Å². The van der Waals surface area contributed by atoms with Crippen LogP contribution in [0.3, 0.4) is 0 Å². The smallest absolute Gasteiger partial charge is 0.319 e. The predicted octanol–water partition coefficient (Wildman–Crippen LogP) is 8.06. The standard InChI is InChI=1S/C40H43ClFN5O3/c1-39-15-16-40(2,47(39)21-25-11-13-29(49-4)14-12-25)24-46(23-39)37-32-20-33(41)34(31-19-28(48)18-26-8-5-6-10-30(26)31)35(42)36(32)43-38(44-37)50-22-27-9-7-17-45(27)3/h5-6,8,10-14,18-20,27,48H,7,9,15-17,21-24H2,1-4H3/t27-,39?,40?/m0/s1. The zero-order chi connectivity index (χ0) is 34.8. The van der Waals surface area contributed by atoms with E-state index in [0.717, 1.165) is 55.3 Å². The third-order valence-corrected chi connectivity index (χ3v) is 11.7. The van der Waals surface area contributed by atoms with E-state index < -0.39 is 5.82 Å². The van der Waals surface area contributed by atoms with E-state index in [0.29, 0.717) is 36.5 Å². The van der Waals surface area contributed by atoms with Gasteiger partial charge in [0.05, 0.1) is 12.1 Å².